The maximum atomic E-state index is 12.4. The van der Waals surface area contributed by atoms with E-state index in [1.54, 1.807) is 12.4 Å². The second kappa shape index (κ2) is 9.25. The van der Waals surface area contributed by atoms with Gasteiger partial charge in [0.15, 0.2) is 0 Å². The smallest absolute Gasteiger partial charge is 0.271 e. The quantitative estimate of drug-likeness (QED) is 0.856. The number of nitrogens with one attached hydrogen (secondary N) is 1. The minimum atomic E-state index is -0.101. The van der Waals surface area contributed by atoms with Gasteiger partial charge in [0.05, 0.1) is 12.3 Å². The number of amides is 1. The average molecular weight is 346 g/mol. The summed E-state index contributed by atoms with van der Waals surface area (Å²) < 4.78 is 5.82. The van der Waals surface area contributed by atoms with Crippen LogP contribution >= 0.6 is 0 Å². The molecule has 3 atom stereocenters. The molecule has 2 aliphatic rings. The zero-order chi connectivity index (χ0) is 17.5. The summed E-state index contributed by atoms with van der Waals surface area (Å²) in [6, 6.07) is 0.232. The lowest BCUT2D eigenvalue weighted by Crippen LogP contribution is -2.49. The molecule has 0 radical (unpaired) electrons. The van der Waals surface area contributed by atoms with Crippen molar-refractivity contribution >= 4 is 5.91 Å². The lowest BCUT2D eigenvalue weighted by atomic mass is 9.83. The monoisotopic (exact) mass is 346 g/mol. The van der Waals surface area contributed by atoms with Gasteiger partial charge in [-0.2, -0.15) is 0 Å². The van der Waals surface area contributed by atoms with Crippen molar-refractivity contribution in [2.24, 2.45) is 5.92 Å². The van der Waals surface area contributed by atoms with E-state index in [0.29, 0.717) is 17.7 Å². The van der Waals surface area contributed by atoms with Gasteiger partial charge < -0.3 is 15.0 Å². The molecule has 6 nitrogen and oxygen atoms in total. The first-order valence-electron chi connectivity index (χ1n) is 9.67. The molecule has 1 amide bonds. The lowest BCUT2D eigenvalue weighted by Gasteiger charge is -2.39. The van der Waals surface area contributed by atoms with Gasteiger partial charge in [-0.1, -0.05) is 12.8 Å². The van der Waals surface area contributed by atoms with Crippen LogP contribution in [0.5, 0.6) is 0 Å². The van der Waals surface area contributed by atoms with Crippen LogP contribution < -0.4 is 5.32 Å². The second-order valence-electron chi connectivity index (χ2n) is 7.19. The van der Waals surface area contributed by atoms with Gasteiger partial charge in [0.2, 0.25) is 0 Å². The van der Waals surface area contributed by atoms with Crippen molar-refractivity contribution in [3.8, 4) is 0 Å². The number of hydrogen-bond acceptors (Lipinski definition) is 5. The van der Waals surface area contributed by atoms with Gasteiger partial charge in [0.25, 0.3) is 5.91 Å². The molecule has 0 spiro atoms. The highest BCUT2D eigenvalue weighted by atomic mass is 16.5. The molecule has 1 N–H and O–H groups in total. The molecule has 138 valence electrons. The SMILES string of the molecule is CCO[C@@H]1CCCN(C[C@@H]2CCCCC2NC(=O)c2cnccn2)C1. The molecular formula is C19H30N4O2. The van der Waals surface area contributed by atoms with Crippen molar-refractivity contribution in [2.45, 2.75) is 57.6 Å². The van der Waals surface area contributed by atoms with Gasteiger partial charge in [-0.3, -0.25) is 9.78 Å². The Morgan fingerprint density at radius 2 is 2.16 bits per heavy atom. The standard InChI is InChI=1S/C19H30N4O2/c1-2-25-16-7-5-11-23(14-16)13-15-6-3-4-8-17(15)22-19(24)18-12-20-9-10-21-18/h9-10,12,15-17H,2-8,11,13-14H2,1H3,(H,22,24)/t15-,16+,17?/m0/s1. The fourth-order valence-electron chi connectivity index (χ4n) is 4.16. The topological polar surface area (TPSA) is 67.3 Å². The third kappa shape index (κ3) is 5.22. The molecule has 3 rings (SSSR count). The van der Waals surface area contributed by atoms with Crippen molar-refractivity contribution in [1.82, 2.24) is 20.2 Å². The first kappa shape index (κ1) is 18.3. The van der Waals surface area contributed by atoms with Crippen molar-refractivity contribution in [2.75, 3.05) is 26.2 Å². The number of ether oxygens (including phenoxy) is 1. The number of likely N-dealkylation sites (tertiary alicyclic amines) is 1. The van der Waals surface area contributed by atoms with Gasteiger partial charge in [-0.15, -0.1) is 0 Å². The van der Waals surface area contributed by atoms with Crippen LogP contribution in [0.1, 0.15) is 55.9 Å². The highest BCUT2D eigenvalue weighted by Gasteiger charge is 2.30. The van der Waals surface area contributed by atoms with E-state index in [9.17, 15) is 4.79 Å². The van der Waals surface area contributed by atoms with Crippen molar-refractivity contribution in [1.29, 1.82) is 0 Å². The predicted molar refractivity (Wildman–Crippen MR) is 96.3 cm³/mol. The van der Waals surface area contributed by atoms with Crippen LogP contribution in [0, 0.1) is 5.92 Å². The molecule has 2 heterocycles. The number of rotatable bonds is 6. The van der Waals surface area contributed by atoms with E-state index < -0.39 is 0 Å². The molecule has 1 aliphatic heterocycles. The summed E-state index contributed by atoms with van der Waals surface area (Å²) in [4.78, 5) is 23.1. The maximum Gasteiger partial charge on any atom is 0.271 e. The minimum Gasteiger partial charge on any atom is -0.377 e. The molecule has 1 aromatic rings. The first-order valence-corrected chi connectivity index (χ1v) is 9.67. The Morgan fingerprint density at radius 3 is 2.96 bits per heavy atom. The van der Waals surface area contributed by atoms with Crippen molar-refractivity contribution in [3.05, 3.63) is 24.3 Å². The van der Waals surface area contributed by atoms with E-state index in [1.165, 1.54) is 38.3 Å². The largest absolute Gasteiger partial charge is 0.377 e. The molecule has 1 saturated carbocycles. The first-order chi connectivity index (χ1) is 12.3. The third-order valence-corrected chi connectivity index (χ3v) is 5.38. The van der Waals surface area contributed by atoms with E-state index >= 15 is 0 Å². The number of carbonyl (C=O) groups excluding carboxylic acids is 1. The summed E-state index contributed by atoms with van der Waals surface area (Å²) in [6.45, 7) is 6.08. The molecule has 1 saturated heterocycles. The van der Waals surface area contributed by atoms with E-state index in [4.69, 9.17) is 4.74 Å². The minimum absolute atomic E-state index is 0.101. The Bertz CT molecular complexity index is 537. The number of nitrogens with zero attached hydrogens (tertiary/aromatic N) is 3. The van der Waals surface area contributed by atoms with E-state index in [1.807, 2.05) is 0 Å². The van der Waals surface area contributed by atoms with Crippen LogP contribution in [0.2, 0.25) is 0 Å². The van der Waals surface area contributed by atoms with E-state index in [2.05, 4.69) is 27.1 Å². The van der Waals surface area contributed by atoms with Crippen LogP contribution in [0.15, 0.2) is 18.6 Å². The highest BCUT2D eigenvalue weighted by Crippen LogP contribution is 2.27. The molecule has 6 heteroatoms. The van der Waals surface area contributed by atoms with Gasteiger partial charge in [0.1, 0.15) is 5.69 Å². The van der Waals surface area contributed by atoms with Crippen LogP contribution in [0.25, 0.3) is 0 Å². The molecule has 0 bridgehead atoms. The normalized spacial score (nSPS) is 27.8. The molecular weight excluding hydrogens is 316 g/mol. The second-order valence-corrected chi connectivity index (χ2v) is 7.19. The predicted octanol–water partition coefficient (Wildman–Crippen LogP) is 2.27. The lowest BCUT2D eigenvalue weighted by molar-refractivity contribution is -0.00151. The highest BCUT2D eigenvalue weighted by molar-refractivity contribution is 5.92. The fourth-order valence-corrected chi connectivity index (χ4v) is 4.16. The Morgan fingerprint density at radius 1 is 1.28 bits per heavy atom. The molecule has 1 aliphatic carbocycles. The summed E-state index contributed by atoms with van der Waals surface area (Å²) in [7, 11) is 0. The summed E-state index contributed by atoms with van der Waals surface area (Å²) in [5.74, 6) is 0.408. The molecule has 0 aromatic carbocycles. The van der Waals surface area contributed by atoms with Crippen molar-refractivity contribution < 1.29 is 9.53 Å². The van der Waals surface area contributed by atoms with Crippen LogP contribution in [-0.4, -0.2) is 59.2 Å². The number of carbonyl (C=O) groups is 1. The molecule has 1 unspecified atom stereocenters. The maximum absolute atomic E-state index is 12.4. The Kier molecular flexibility index (Phi) is 6.76. The molecule has 1 aromatic heterocycles. The summed E-state index contributed by atoms with van der Waals surface area (Å²) in [5.41, 5.74) is 0.404. The zero-order valence-electron chi connectivity index (χ0n) is 15.2. The van der Waals surface area contributed by atoms with Crippen LogP contribution in [0.4, 0.5) is 0 Å². The Balaban J connectivity index is 1.56. The summed E-state index contributed by atoms with van der Waals surface area (Å²) in [6.07, 6.45) is 12.1. The third-order valence-electron chi connectivity index (χ3n) is 5.38. The van der Waals surface area contributed by atoms with Crippen molar-refractivity contribution in [3.63, 3.8) is 0 Å². The number of aromatic nitrogens is 2. The van der Waals surface area contributed by atoms with Gasteiger partial charge in [-0.25, -0.2) is 4.98 Å². The fraction of sp³-hybridized carbons (Fsp3) is 0.737. The number of piperidine rings is 1. The van der Waals surface area contributed by atoms with Gasteiger partial charge in [-0.05, 0) is 45.1 Å². The summed E-state index contributed by atoms with van der Waals surface area (Å²) >= 11 is 0. The Labute approximate surface area is 150 Å². The Hall–Kier alpha value is -1.53. The van der Waals surface area contributed by atoms with Gasteiger partial charge >= 0.3 is 0 Å². The molecule has 25 heavy (non-hydrogen) atoms. The van der Waals surface area contributed by atoms with E-state index in [0.717, 1.165) is 32.7 Å². The zero-order valence-corrected chi connectivity index (χ0v) is 15.2. The van der Waals surface area contributed by atoms with E-state index in [-0.39, 0.29) is 11.9 Å². The summed E-state index contributed by atoms with van der Waals surface area (Å²) in [5, 5.41) is 3.21. The van der Waals surface area contributed by atoms with Crippen LogP contribution in [-0.2, 0) is 4.74 Å². The molecule has 2 fully saturated rings. The van der Waals surface area contributed by atoms with Gasteiger partial charge in [0, 0.05) is 38.1 Å². The average Bonchev–Trinajstić information content (AvgIpc) is 2.65. The number of hydrogen-bond donors (Lipinski definition) is 1. The van der Waals surface area contributed by atoms with Crippen LogP contribution in [0.3, 0.4) is 0 Å².